The summed E-state index contributed by atoms with van der Waals surface area (Å²) in [5.41, 5.74) is 9.57. The molecule has 5 heteroatoms. The fourth-order valence-electron chi connectivity index (χ4n) is 2.18. The zero-order chi connectivity index (χ0) is 13.0. The van der Waals surface area contributed by atoms with Gasteiger partial charge in [0.2, 0.25) is 0 Å². The second-order valence-electron chi connectivity index (χ2n) is 4.46. The Hall–Kier alpha value is -1.88. The zero-order valence-corrected chi connectivity index (χ0v) is 10.5. The molecule has 1 fully saturated rings. The molecule has 96 valence electrons. The topological polar surface area (TPSA) is 70.7 Å². The summed E-state index contributed by atoms with van der Waals surface area (Å²) in [5.74, 6) is 0. The molecule has 1 saturated heterocycles. The minimum atomic E-state index is -0.615. The van der Waals surface area contributed by atoms with Crippen molar-refractivity contribution in [3.8, 4) is 0 Å². The summed E-state index contributed by atoms with van der Waals surface area (Å²) in [6.45, 7) is 3.95. The highest BCUT2D eigenvalue weighted by Crippen LogP contribution is 2.17. The Bertz CT molecular complexity index is 444. The first-order chi connectivity index (χ1) is 8.66. The van der Waals surface area contributed by atoms with Crippen molar-refractivity contribution in [1.29, 1.82) is 0 Å². The summed E-state index contributed by atoms with van der Waals surface area (Å²) < 4.78 is 0. The number of carbonyl (C=O) groups excluding carboxylic acids is 1. The lowest BCUT2D eigenvalue weighted by Crippen LogP contribution is -2.32. The van der Waals surface area contributed by atoms with Crippen molar-refractivity contribution in [3.63, 3.8) is 0 Å². The summed E-state index contributed by atoms with van der Waals surface area (Å²) in [4.78, 5) is 13.0. The molecule has 1 aliphatic heterocycles. The van der Waals surface area contributed by atoms with Crippen LogP contribution < -0.4 is 11.2 Å². The molecule has 3 N–H and O–H groups in total. The van der Waals surface area contributed by atoms with Gasteiger partial charge in [-0.25, -0.2) is 10.2 Å². The fourth-order valence-corrected chi connectivity index (χ4v) is 2.18. The highest BCUT2D eigenvalue weighted by Gasteiger charge is 2.26. The average Bonchev–Trinajstić information content (AvgIpc) is 2.70. The van der Waals surface area contributed by atoms with Crippen LogP contribution in [-0.2, 0) is 6.54 Å². The van der Waals surface area contributed by atoms with E-state index >= 15 is 0 Å². The standard InChI is InChI=1S/C13H18N4O/c1-10-12(15-16-13(14)18)7-8-17(10)9-11-5-3-2-4-6-11/h2-6,10H,7-9H2,1H3,(H3,14,16,18)/b15-12+. The molecule has 1 atom stereocenters. The molecule has 5 nitrogen and oxygen atoms in total. The molecule has 0 aromatic heterocycles. The second-order valence-corrected chi connectivity index (χ2v) is 4.46. The number of nitrogens with one attached hydrogen (secondary N) is 1. The van der Waals surface area contributed by atoms with Gasteiger partial charge >= 0.3 is 6.03 Å². The first-order valence-corrected chi connectivity index (χ1v) is 6.06. The number of hydrogen-bond acceptors (Lipinski definition) is 3. The molecule has 1 aromatic rings. The van der Waals surface area contributed by atoms with Crippen LogP contribution in [0.25, 0.3) is 0 Å². The van der Waals surface area contributed by atoms with Crippen molar-refractivity contribution < 1.29 is 4.79 Å². The number of carbonyl (C=O) groups is 1. The number of likely N-dealkylation sites (tertiary alicyclic amines) is 1. The van der Waals surface area contributed by atoms with Gasteiger partial charge in [-0.1, -0.05) is 30.3 Å². The van der Waals surface area contributed by atoms with E-state index in [0.29, 0.717) is 0 Å². The molecule has 0 saturated carbocycles. The third-order valence-electron chi connectivity index (χ3n) is 3.22. The summed E-state index contributed by atoms with van der Waals surface area (Å²) in [7, 11) is 0. The Morgan fingerprint density at radius 1 is 1.50 bits per heavy atom. The second kappa shape index (κ2) is 5.64. The maximum absolute atomic E-state index is 10.6. The molecule has 2 rings (SSSR count). The molecular formula is C13H18N4O. The fraction of sp³-hybridized carbons (Fsp3) is 0.385. The maximum atomic E-state index is 10.6. The van der Waals surface area contributed by atoms with Crippen LogP contribution in [0.3, 0.4) is 0 Å². The van der Waals surface area contributed by atoms with Crippen molar-refractivity contribution in [2.75, 3.05) is 6.54 Å². The lowest BCUT2D eigenvalue weighted by atomic mass is 10.2. The van der Waals surface area contributed by atoms with Crippen molar-refractivity contribution in [1.82, 2.24) is 10.3 Å². The predicted molar refractivity (Wildman–Crippen MR) is 71.1 cm³/mol. The van der Waals surface area contributed by atoms with Gasteiger partial charge in [0, 0.05) is 25.6 Å². The normalized spacial score (nSPS) is 22.3. The van der Waals surface area contributed by atoms with Gasteiger partial charge in [0.15, 0.2) is 0 Å². The number of hydrogen-bond donors (Lipinski definition) is 2. The van der Waals surface area contributed by atoms with Crippen LogP contribution >= 0.6 is 0 Å². The minimum absolute atomic E-state index is 0.233. The van der Waals surface area contributed by atoms with E-state index in [1.807, 2.05) is 18.2 Å². The lowest BCUT2D eigenvalue weighted by Gasteiger charge is -2.20. The van der Waals surface area contributed by atoms with E-state index in [9.17, 15) is 4.79 Å². The minimum Gasteiger partial charge on any atom is -0.350 e. The summed E-state index contributed by atoms with van der Waals surface area (Å²) in [6.07, 6.45) is 0.869. The van der Waals surface area contributed by atoms with Crippen LogP contribution in [-0.4, -0.2) is 29.2 Å². The third kappa shape index (κ3) is 3.07. The van der Waals surface area contributed by atoms with E-state index < -0.39 is 6.03 Å². The molecule has 1 heterocycles. The number of amides is 2. The Morgan fingerprint density at radius 2 is 2.22 bits per heavy atom. The summed E-state index contributed by atoms with van der Waals surface area (Å²) in [5, 5.41) is 4.05. The molecule has 2 amide bonds. The SMILES string of the molecule is CC1/C(=N/NC(N)=O)CCN1Cc1ccccc1. The smallest absolute Gasteiger partial charge is 0.332 e. The monoisotopic (exact) mass is 246 g/mol. The number of rotatable bonds is 3. The molecule has 1 unspecified atom stereocenters. The van der Waals surface area contributed by atoms with Crippen LogP contribution in [0.4, 0.5) is 4.79 Å². The van der Waals surface area contributed by atoms with Crippen LogP contribution in [0.1, 0.15) is 18.9 Å². The van der Waals surface area contributed by atoms with Gasteiger partial charge in [0.25, 0.3) is 0 Å². The van der Waals surface area contributed by atoms with Gasteiger partial charge in [-0.05, 0) is 12.5 Å². The number of primary amides is 1. The van der Waals surface area contributed by atoms with Crippen molar-refractivity contribution >= 4 is 11.7 Å². The summed E-state index contributed by atoms with van der Waals surface area (Å²) in [6, 6.07) is 9.95. The number of nitrogens with zero attached hydrogens (tertiary/aromatic N) is 2. The molecule has 0 bridgehead atoms. The maximum Gasteiger partial charge on any atom is 0.332 e. The van der Waals surface area contributed by atoms with Crippen LogP contribution in [0, 0.1) is 0 Å². The predicted octanol–water partition coefficient (Wildman–Crippen LogP) is 1.31. The molecule has 0 spiro atoms. The van der Waals surface area contributed by atoms with Gasteiger partial charge in [-0.15, -0.1) is 0 Å². The van der Waals surface area contributed by atoms with E-state index in [-0.39, 0.29) is 6.04 Å². The van der Waals surface area contributed by atoms with Crippen LogP contribution in [0.15, 0.2) is 35.4 Å². The van der Waals surface area contributed by atoms with E-state index in [2.05, 4.69) is 34.5 Å². The highest BCUT2D eigenvalue weighted by atomic mass is 16.2. The van der Waals surface area contributed by atoms with Gasteiger partial charge in [0.05, 0.1) is 5.71 Å². The van der Waals surface area contributed by atoms with Gasteiger partial charge in [-0.3, -0.25) is 4.90 Å². The average molecular weight is 246 g/mol. The lowest BCUT2D eigenvalue weighted by molar-refractivity contribution is 0.249. The van der Waals surface area contributed by atoms with Gasteiger partial charge < -0.3 is 5.73 Å². The number of hydrazone groups is 1. The number of nitrogens with two attached hydrogens (primary N) is 1. The number of urea groups is 1. The molecule has 0 radical (unpaired) electrons. The van der Waals surface area contributed by atoms with Crippen molar-refractivity contribution in [3.05, 3.63) is 35.9 Å². The van der Waals surface area contributed by atoms with Crippen LogP contribution in [0.5, 0.6) is 0 Å². The number of benzene rings is 1. The van der Waals surface area contributed by atoms with Gasteiger partial charge in [0.1, 0.15) is 0 Å². The molecule has 1 aromatic carbocycles. The first-order valence-electron chi connectivity index (χ1n) is 6.06. The Kier molecular flexibility index (Phi) is 3.94. The molecule has 1 aliphatic rings. The van der Waals surface area contributed by atoms with Gasteiger partial charge in [-0.2, -0.15) is 5.10 Å². The Balaban J connectivity index is 1.97. The molecule has 18 heavy (non-hydrogen) atoms. The van der Waals surface area contributed by atoms with E-state index in [0.717, 1.165) is 25.2 Å². The quantitative estimate of drug-likeness (QED) is 0.789. The Labute approximate surface area is 107 Å². The van der Waals surface area contributed by atoms with E-state index in [1.165, 1.54) is 5.56 Å². The Morgan fingerprint density at radius 3 is 2.89 bits per heavy atom. The molecular weight excluding hydrogens is 228 g/mol. The first kappa shape index (κ1) is 12.6. The largest absolute Gasteiger partial charge is 0.350 e. The highest BCUT2D eigenvalue weighted by molar-refractivity contribution is 5.92. The van der Waals surface area contributed by atoms with Crippen molar-refractivity contribution in [2.24, 2.45) is 10.8 Å². The zero-order valence-electron chi connectivity index (χ0n) is 10.5. The third-order valence-corrected chi connectivity index (χ3v) is 3.22. The van der Waals surface area contributed by atoms with Crippen LogP contribution in [0.2, 0.25) is 0 Å². The van der Waals surface area contributed by atoms with E-state index in [4.69, 9.17) is 5.73 Å². The van der Waals surface area contributed by atoms with E-state index in [1.54, 1.807) is 0 Å². The van der Waals surface area contributed by atoms with Crippen molar-refractivity contribution in [2.45, 2.75) is 25.9 Å². The summed E-state index contributed by atoms with van der Waals surface area (Å²) >= 11 is 0. The molecule has 0 aliphatic carbocycles.